The molecule has 0 radical (unpaired) electrons. The Hall–Kier alpha value is -2.58. The van der Waals surface area contributed by atoms with Gasteiger partial charge < -0.3 is 4.74 Å². The minimum absolute atomic E-state index is 0.0975. The molecule has 0 fully saturated rings. The maximum atomic E-state index is 6.57. The Balaban J connectivity index is 2.05. The predicted molar refractivity (Wildman–Crippen MR) is 104 cm³/mol. The molecule has 0 saturated carbocycles. The topological polar surface area (TPSA) is 12.5 Å². The Bertz CT molecular complexity index is 783. The van der Waals surface area contributed by atoms with Gasteiger partial charge in [0.15, 0.2) is 0 Å². The molecule has 0 aliphatic heterocycles. The van der Waals surface area contributed by atoms with Crippen LogP contribution in [0.15, 0.2) is 84.9 Å². The van der Waals surface area contributed by atoms with E-state index >= 15 is 0 Å². The van der Waals surface area contributed by atoms with E-state index in [0.29, 0.717) is 0 Å². The van der Waals surface area contributed by atoms with Gasteiger partial charge >= 0.3 is 0 Å². The van der Waals surface area contributed by atoms with Gasteiger partial charge in [0.25, 0.3) is 0 Å². The number of aryl methyl sites for hydroxylation is 1. The van der Waals surface area contributed by atoms with Gasteiger partial charge in [-0.3, -0.25) is 4.90 Å². The van der Waals surface area contributed by atoms with Crippen molar-refractivity contribution in [3.63, 3.8) is 0 Å². The van der Waals surface area contributed by atoms with Crippen LogP contribution < -0.4 is 4.74 Å². The average Bonchev–Trinajstić information content (AvgIpc) is 2.64. The maximum Gasteiger partial charge on any atom is 0.143 e. The first kappa shape index (κ1) is 17.2. The fraction of sp³-hybridized carbons (Fsp3) is 0.217. The van der Waals surface area contributed by atoms with E-state index in [1.165, 1.54) is 11.1 Å². The van der Waals surface area contributed by atoms with Crippen LogP contribution in [0.4, 0.5) is 0 Å². The Morgan fingerprint density at radius 1 is 0.680 bits per heavy atom. The molecule has 0 bridgehead atoms. The minimum Gasteiger partial charge on any atom is -0.483 e. The third kappa shape index (κ3) is 4.09. The molecule has 0 amide bonds. The zero-order chi connectivity index (χ0) is 17.6. The van der Waals surface area contributed by atoms with Crippen LogP contribution in [0.2, 0.25) is 0 Å². The van der Waals surface area contributed by atoms with Crippen LogP contribution in [0.25, 0.3) is 0 Å². The summed E-state index contributed by atoms with van der Waals surface area (Å²) in [4.78, 5) is 2.23. The molecule has 0 heterocycles. The van der Waals surface area contributed by atoms with Crippen molar-refractivity contribution in [3.05, 3.63) is 102 Å². The van der Waals surface area contributed by atoms with Crippen LogP contribution >= 0.6 is 0 Å². The highest BCUT2D eigenvalue weighted by atomic mass is 16.5. The van der Waals surface area contributed by atoms with E-state index in [-0.39, 0.29) is 12.1 Å². The molecule has 2 nitrogen and oxygen atoms in total. The summed E-state index contributed by atoms with van der Waals surface area (Å²) in [6, 6.07) is 29.3. The monoisotopic (exact) mass is 331 g/mol. The summed E-state index contributed by atoms with van der Waals surface area (Å²) >= 11 is 0. The molecule has 0 aromatic heterocycles. The molecule has 25 heavy (non-hydrogen) atoms. The highest BCUT2D eigenvalue weighted by Crippen LogP contribution is 2.37. The summed E-state index contributed by atoms with van der Waals surface area (Å²) in [5.74, 6) is 0.930. The Labute approximate surface area is 150 Å². The molecular weight excluding hydrogens is 306 g/mol. The van der Waals surface area contributed by atoms with Crippen molar-refractivity contribution in [2.45, 2.75) is 19.1 Å². The van der Waals surface area contributed by atoms with Gasteiger partial charge in [0.1, 0.15) is 11.9 Å². The average molecular weight is 331 g/mol. The van der Waals surface area contributed by atoms with Crippen molar-refractivity contribution < 1.29 is 4.74 Å². The van der Waals surface area contributed by atoms with Crippen molar-refractivity contribution in [2.24, 2.45) is 0 Å². The number of rotatable bonds is 6. The van der Waals surface area contributed by atoms with Crippen LogP contribution in [-0.2, 0) is 0 Å². The van der Waals surface area contributed by atoms with Crippen LogP contribution in [0.3, 0.4) is 0 Å². The van der Waals surface area contributed by atoms with Crippen LogP contribution in [-0.4, -0.2) is 19.0 Å². The van der Waals surface area contributed by atoms with Gasteiger partial charge in [-0.1, -0.05) is 78.9 Å². The first-order chi connectivity index (χ1) is 12.2. The molecule has 3 rings (SSSR count). The number of hydrogen-bond acceptors (Lipinski definition) is 2. The van der Waals surface area contributed by atoms with Crippen LogP contribution in [0.5, 0.6) is 5.75 Å². The first-order valence-corrected chi connectivity index (χ1v) is 8.65. The van der Waals surface area contributed by atoms with E-state index in [9.17, 15) is 0 Å². The predicted octanol–water partition coefficient (Wildman–Crippen LogP) is 5.42. The van der Waals surface area contributed by atoms with Crippen molar-refractivity contribution in [3.8, 4) is 5.75 Å². The zero-order valence-corrected chi connectivity index (χ0v) is 15.1. The van der Waals surface area contributed by atoms with Crippen molar-refractivity contribution >= 4 is 0 Å². The van der Waals surface area contributed by atoms with E-state index in [1.807, 2.05) is 24.3 Å². The van der Waals surface area contributed by atoms with E-state index in [4.69, 9.17) is 4.74 Å². The third-order valence-electron chi connectivity index (χ3n) is 4.46. The zero-order valence-electron chi connectivity index (χ0n) is 15.1. The third-order valence-corrected chi connectivity index (χ3v) is 4.46. The van der Waals surface area contributed by atoms with Crippen molar-refractivity contribution in [1.82, 2.24) is 4.90 Å². The highest BCUT2D eigenvalue weighted by molar-refractivity contribution is 5.34. The molecule has 0 aliphatic rings. The van der Waals surface area contributed by atoms with E-state index < -0.39 is 0 Å². The molecule has 0 aliphatic carbocycles. The molecule has 2 heteroatoms. The fourth-order valence-electron chi connectivity index (χ4n) is 3.18. The molecule has 128 valence electrons. The molecule has 3 aromatic carbocycles. The lowest BCUT2D eigenvalue weighted by Crippen LogP contribution is -2.29. The fourth-order valence-corrected chi connectivity index (χ4v) is 3.18. The molecule has 3 aromatic rings. The second-order valence-corrected chi connectivity index (χ2v) is 6.53. The van der Waals surface area contributed by atoms with Gasteiger partial charge in [-0.25, -0.2) is 0 Å². The molecule has 0 unspecified atom stereocenters. The minimum atomic E-state index is -0.0975. The molecule has 0 saturated heterocycles. The Kier molecular flexibility index (Phi) is 5.52. The van der Waals surface area contributed by atoms with Crippen LogP contribution in [0, 0.1) is 6.92 Å². The highest BCUT2D eigenvalue weighted by Gasteiger charge is 2.28. The SMILES string of the molecule is Cc1ccccc1O[C@H](c1ccccc1)[C@@H](c1ccccc1)N(C)C. The number of hydrogen-bond donors (Lipinski definition) is 0. The standard InChI is InChI=1S/C23H25NO/c1-18-12-10-11-17-21(18)25-23(20-15-8-5-9-16-20)22(24(2)3)19-13-6-4-7-14-19/h4-17,22-23H,1-3H3/t22-,23-/m1/s1. The summed E-state index contributed by atoms with van der Waals surface area (Å²) in [5.41, 5.74) is 3.57. The summed E-state index contributed by atoms with van der Waals surface area (Å²) in [6.07, 6.45) is -0.0975. The van der Waals surface area contributed by atoms with Gasteiger partial charge in [0.05, 0.1) is 6.04 Å². The summed E-state index contributed by atoms with van der Waals surface area (Å²) in [6.45, 7) is 2.09. The number of nitrogens with zero attached hydrogens (tertiary/aromatic N) is 1. The normalized spacial score (nSPS) is 13.4. The summed E-state index contributed by atoms with van der Waals surface area (Å²) in [7, 11) is 4.21. The number of benzene rings is 3. The lowest BCUT2D eigenvalue weighted by atomic mass is 9.94. The molecular formula is C23H25NO. The number of para-hydroxylation sites is 1. The smallest absolute Gasteiger partial charge is 0.143 e. The van der Waals surface area contributed by atoms with Gasteiger partial charge in [-0.2, -0.15) is 0 Å². The van der Waals surface area contributed by atoms with E-state index in [1.54, 1.807) is 0 Å². The van der Waals surface area contributed by atoms with Gasteiger partial charge in [0.2, 0.25) is 0 Å². The van der Waals surface area contributed by atoms with Crippen molar-refractivity contribution in [2.75, 3.05) is 14.1 Å². The summed E-state index contributed by atoms with van der Waals surface area (Å²) < 4.78 is 6.57. The molecule has 0 N–H and O–H groups in total. The lowest BCUT2D eigenvalue weighted by Gasteiger charge is -2.33. The van der Waals surface area contributed by atoms with Gasteiger partial charge in [-0.05, 0) is 43.8 Å². The number of ether oxygens (including phenoxy) is 1. The summed E-state index contributed by atoms with van der Waals surface area (Å²) in [5, 5.41) is 0. The van der Waals surface area contributed by atoms with Crippen molar-refractivity contribution in [1.29, 1.82) is 0 Å². The number of likely N-dealkylation sites (N-methyl/N-ethyl adjacent to an activating group) is 1. The van der Waals surface area contributed by atoms with Crippen LogP contribution in [0.1, 0.15) is 28.8 Å². The molecule has 2 atom stereocenters. The van der Waals surface area contributed by atoms with E-state index in [2.05, 4.69) is 86.6 Å². The second-order valence-electron chi connectivity index (χ2n) is 6.53. The van der Waals surface area contributed by atoms with Gasteiger partial charge in [0, 0.05) is 0 Å². The van der Waals surface area contributed by atoms with Gasteiger partial charge in [-0.15, -0.1) is 0 Å². The largest absolute Gasteiger partial charge is 0.483 e. The molecule has 0 spiro atoms. The Morgan fingerprint density at radius 2 is 1.20 bits per heavy atom. The van der Waals surface area contributed by atoms with E-state index in [0.717, 1.165) is 11.3 Å². The maximum absolute atomic E-state index is 6.57. The second kappa shape index (κ2) is 8.00. The first-order valence-electron chi connectivity index (χ1n) is 8.65. The lowest BCUT2D eigenvalue weighted by molar-refractivity contribution is 0.0958. The quantitative estimate of drug-likeness (QED) is 0.598. The Morgan fingerprint density at radius 3 is 1.76 bits per heavy atom.